The third-order valence-electron chi connectivity index (χ3n) is 5.37. The Bertz CT molecular complexity index is 1340. The largest absolute Gasteiger partial charge is 0.496 e. The number of hydrogen-bond donors (Lipinski definition) is 1. The van der Waals surface area contributed by atoms with E-state index in [9.17, 15) is 18.4 Å². The van der Waals surface area contributed by atoms with E-state index in [0.717, 1.165) is 34.5 Å². The lowest BCUT2D eigenvalue weighted by Gasteiger charge is -2.19. The van der Waals surface area contributed by atoms with Gasteiger partial charge in [0.25, 0.3) is 11.5 Å². The first-order valence-corrected chi connectivity index (χ1v) is 12.9. The summed E-state index contributed by atoms with van der Waals surface area (Å²) in [5.41, 5.74) is 0.563. The molecular weight excluding hydrogens is 553 g/mol. The molecule has 0 saturated heterocycles. The van der Waals surface area contributed by atoms with Gasteiger partial charge < -0.3 is 14.6 Å². The number of alkyl halides is 3. The van der Waals surface area contributed by atoms with Gasteiger partial charge in [-0.05, 0) is 59.5 Å². The van der Waals surface area contributed by atoms with E-state index < -0.39 is 22.5 Å². The van der Waals surface area contributed by atoms with Crippen molar-refractivity contribution < 1.29 is 18.3 Å². The number of pyridine rings is 1. The van der Waals surface area contributed by atoms with Crippen molar-refractivity contribution in [1.82, 2.24) is 9.88 Å². The van der Waals surface area contributed by atoms with Crippen LogP contribution in [0.2, 0.25) is 10.0 Å². The molecule has 0 radical (unpaired) electrons. The van der Waals surface area contributed by atoms with E-state index in [2.05, 4.69) is 0 Å². The van der Waals surface area contributed by atoms with Gasteiger partial charge in [-0.3, -0.25) is 9.59 Å². The molecule has 0 spiro atoms. The van der Waals surface area contributed by atoms with Gasteiger partial charge in [-0.1, -0.05) is 60.9 Å². The molecule has 0 saturated carbocycles. The molecule has 1 aliphatic heterocycles. The van der Waals surface area contributed by atoms with Gasteiger partial charge in [-0.25, -0.2) is 0 Å². The number of methoxy groups -OCH3 is 1. The van der Waals surface area contributed by atoms with Crippen LogP contribution in [0.4, 0.5) is 8.78 Å². The zero-order valence-corrected chi connectivity index (χ0v) is 22.9. The van der Waals surface area contributed by atoms with Crippen molar-refractivity contribution in [3.63, 3.8) is 0 Å². The van der Waals surface area contributed by atoms with Crippen molar-refractivity contribution in [2.24, 2.45) is 0 Å². The zero-order valence-electron chi connectivity index (χ0n) is 19.8. The molecule has 1 aromatic heterocycles. The topological polar surface area (TPSA) is 62.4 Å². The number of hydrogen-bond acceptors (Lipinski definition) is 4. The van der Waals surface area contributed by atoms with Crippen LogP contribution >= 0.6 is 46.6 Å². The summed E-state index contributed by atoms with van der Waals surface area (Å²) in [7, 11) is 1.56. The average molecular weight is 576 g/mol. The monoisotopic (exact) mass is 574 g/mol. The number of halogens is 5. The lowest BCUT2D eigenvalue weighted by Crippen LogP contribution is -2.32. The second kappa shape index (κ2) is 11.4. The number of aromatic nitrogens is 1. The molecule has 0 fully saturated rings. The number of fused-ring (bicyclic) bond motifs is 1. The van der Waals surface area contributed by atoms with Crippen molar-refractivity contribution in [2.45, 2.75) is 49.0 Å². The predicted molar refractivity (Wildman–Crippen MR) is 140 cm³/mol. The molecule has 1 amide bonds. The maximum Gasteiger partial charge on any atom is 0.362 e. The maximum atomic E-state index is 13.9. The normalized spacial score (nSPS) is 12.6. The highest BCUT2D eigenvalue weighted by molar-refractivity contribution is 7.99. The summed E-state index contributed by atoms with van der Waals surface area (Å²) in [6.45, 7) is 6.37. The number of aromatic amines is 1. The minimum atomic E-state index is -3.85. The first-order chi connectivity index (χ1) is 17.0. The molecule has 192 valence electrons. The maximum absolute atomic E-state index is 13.9. The fraction of sp³-hybridized carbons (Fsp3) is 0.280. The third kappa shape index (κ3) is 5.83. The first kappa shape index (κ1) is 28.3. The Labute approximate surface area is 226 Å². The number of amides is 1. The minimum Gasteiger partial charge on any atom is -0.496 e. The van der Waals surface area contributed by atoms with E-state index >= 15 is 0 Å². The fourth-order valence-electron chi connectivity index (χ4n) is 3.73. The zero-order chi connectivity index (χ0) is 26.8. The van der Waals surface area contributed by atoms with E-state index in [4.69, 9.17) is 39.5 Å². The van der Waals surface area contributed by atoms with E-state index in [0.29, 0.717) is 10.6 Å². The van der Waals surface area contributed by atoms with Crippen LogP contribution in [-0.4, -0.2) is 22.9 Å². The van der Waals surface area contributed by atoms with E-state index in [1.165, 1.54) is 4.90 Å². The van der Waals surface area contributed by atoms with Crippen molar-refractivity contribution in [2.75, 3.05) is 7.11 Å². The van der Waals surface area contributed by atoms with Gasteiger partial charge in [0.1, 0.15) is 17.0 Å². The Morgan fingerprint density at radius 3 is 2.25 bits per heavy atom. The molecule has 5 nitrogen and oxygen atoms in total. The van der Waals surface area contributed by atoms with Gasteiger partial charge in [0.05, 0.1) is 17.2 Å². The Balaban J connectivity index is 0.00000176. The van der Waals surface area contributed by atoms with E-state index in [1.54, 1.807) is 25.3 Å². The molecule has 2 heterocycles. The molecule has 0 unspecified atom stereocenters. The van der Waals surface area contributed by atoms with Crippen LogP contribution in [0.1, 0.15) is 46.6 Å². The highest BCUT2D eigenvalue weighted by atomic mass is 35.5. The lowest BCUT2D eigenvalue weighted by atomic mass is 10.1. The number of aryl methyl sites for hydroxylation is 1. The van der Waals surface area contributed by atoms with Gasteiger partial charge in [-0.15, -0.1) is 0 Å². The molecule has 0 aliphatic carbocycles. The summed E-state index contributed by atoms with van der Waals surface area (Å²) in [6.07, 6.45) is 0. The van der Waals surface area contributed by atoms with Crippen molar-refractivity contribution in [3.05, 3.63) is 84.7 Å². The summed E-state index contributed by atoms with van der Waals surface area (Å²) < 4.78 is 33.1. The van der Waals surface area contributed by atoms with Gasteiger partial charge >= 0.3 is 5.38 Å². The molecule has 3 aromatic rings. The smallest absolute Gasteiger partial charge is 0.362 e. The number of ether oxygens (including phenoxy) is 1. The molecule has 1 N–H and O–H groups in total. The number of nitrogens with zero attached hydrogens (tertiary/aromatic N) is 1. The highest BCUT2D eigenvalue weighted by Crippen LogP contribution is 2.42. The Hall–Kier alpha value is -2.26. The summed E-state index contributed by atoms with van der Waals surface area (Å²) in [4.78, 5) is 30.2. The van der Waals surface area contributed by atoms with Crippen molar-refractivity contribution in [3.8, 4) is 5.75 Å². The predicted octanol–water partition coefficient (Wildman–Crippen LogP) is 7.62. The molecule has 11 heteroatoms. The molecule has 4 rings (SSSR count). The number of carbonyl (C=O) groups is 1. The van der Waals surface area contributed by atoms with E-state index in [1.807, 2.05) is 37.9 Å². The van der Waals surface area contributed by atoms with Crippen LogP contribution in [0.15, 0.2) is 51.0 Å². The van der Waals surface area contributed by atoms with Gasteiger partial charge in [-0.2, -0.15) is 8.78 Å². The average Bonchev–Trinajstić information content (AvgIpc) is 3.23. The summed E-state index contributed by atoms with van der Waals surface area (Å²) in [5.74, 6) is 0.0633. The Morgan fingerprint density at radius 1 is 1.11 bits per heavy atom. The van der Waals surface area contributed by atoms with Gasteiger partial charge in [0.15, 0.2) is 0 Å². The molecule has 36 heavy (non-hydrogen) atoms. The fourth-order valence-corrected chi connectivity index (χ4v) is 5.48. The van der Waals surface area contributed by atoms with Crippen LogP contribution < -0.4 is 10.3 Å². The standard InChI is InChI=1S/C23H17Cl3F2N2O3S.C2H6/c1-11-6-12-9-30(10-13(12)7-16(11)33-2)22(32)19-17(8-18(23(26,27)28)29-21(19)31)34-20-14(24)4-3-5-15(20)25;1-2/h3-8H,9-10H2,1-2H3,(H,29,31);1-2H3. The Kier molecular flexibility index (Phi) is 8.98. The number of H-pyrrole nitrogens is 1. The minimum absolute atomic E-state index is 0.0382. The van der Waals surface area contributed by atoms with Crippen molar-refractivity contribution in [1.29, 1.82) is 0 Å². The molecule has 2 aromatic carbocycles. The molecule has 0 atom stereocenters. The van der Waals surface area contributed by atoms with Gasteiger partial charge in [0, 0.05) is 22.9 Å². The second-order valence-corrected chi connectivity index (χ2v) is 10.00. The third-order valence-corrected chi connectivity index (χ3v) is 7.62. The van der Waals surface area contributed by atoms with Crippen molar-refractivity contribution >= 4 is 52.5 Å². The molecular formula is C25H23Cl3F2N2O3S. The molecule has 0 bridgehead atoms. The van der Waals surface area contributed by atoms with Crippen LogP contribution in [0.5, 0.6) is 5.75 Å². The molecule has 1 aliphatic rings. The number of carbonyl (C=O) groups excluding carboxylic acids is 1. The summed E-state index contributed by atoms with van der Waals surface area (Å²) in [6, 6.07) is 9.49. The SMILES string of the molecule is CC.COc1cc2c(cc1C)CN(C(=O)c1c(Sc3c(Cl)cccc3Cl)cc(C(F)(F)Cl)[nH]c1=O)C2. The lowest BCUT2D eigenvalue weighted by molar-refractivity contribution is 0.0740. The van der Waals surface area contributed by atoms with Crippen LogP contribution in [0, 0.1) is 6.92 Å². The van der Waals surface area contributed by atoms with Crippen LogP contribution in [-0.2, 0) is 18.5 Å². The Morgan fingerprint density at radius 2 is 1.69 bits per heavy atom. The summed E-state index contributed by atoms with van der Waals surface area (Å²) >= 11 is 18.5. The van der Waals surface area contributed by atoms with E-state index in [-0.39, 0.29) is 33.6 Å². The second-order valence-electron chi connectivity index (χ2n) is 7.65. The number of nitrogens with one attached hydrogen (secondary N) is 1. The van der Waals surface area contributed by atoms with Gasteiger partial charge in [0.2, 0.25) is 0 Å². The van der Waals surface area contributed by atoms with Crippen LogP contribution in [0.3, 0.4) is 0 Å². The highest BCUT2D eigenvalue weighted by Gasteiger charge is 2.34. The number of rotatable bonds is 5. The summed E-state index contributed by atoms with van der Waals surface area (Å²) in [5, 5.41) is -3.36. The quantitative estimate of drug-likeness (QED) is 0.318. The number of benzene rings is 2. The first-order valence-electron chi connectivity index (χ1n) is 10.9. The van der Waals surface area contributed by atoms with Crippen LogP contribution in [0.25, 0.3) is 0 Å².